The van der Waals surface area contributed by atoms with Crippen molar-refractivity contribution >= 4 is 15.9 Å². The summed E-state index contributed by atoms with van der Waals surface area (Å²) in [5.74, 6) is -0.143. The average Bonchev–Trinajstić information content (AvgIpc) is 2.25. The van der Waals surface area contributed by atoms with Gasteiger partial charge in [-0.25, -0.2) is 13.1 Å². The number of morpholine rings is 1. The Morgan fingerprint density at radius 3 is 2.40 bits per heavy atom. The van der Waals surface area contributed by atoms with Gasteiger partial charge < -0.3 is 10.1 Å². The van der Waals surface area contributed by atoms with Crippen LogP contribution in [0.15, 0.2) is 0 Å². The first-order valence-corrected chi connectivity index (χ1v) is 8.74. The third-order valence-electron chi connectivity index (χ3n) is 2.96. The molecule has 0 aromatic heterocycles. The minimum absolute atomic E-state index is 0.135. The zero-order chi connectivity index (χ0) is 15.2. The van der Waals surface area contributed by atoms with E-state index in [-0.39, 0.29) is 31.1 Å². The Balaban J connectivity index is 2.12. The van der Waals surface area contributed by atoms with Crippen molar-refractivity contribution in [3.8, 4) is 0 Å². The van der Waals surface area contributed by atoms with Crippen LogP contribution in [0.25, 0.3) is 0 Å². The van der Waals surface area contributed by atoms with Gasteiger partial charge in [-0.05, 0) is 13.8 Å². The van der Waals surface area contributed by atoms with E-state index >= 15 is 0 Å². The Labute approximate surface area is 121 Å². The van der Waals surface area contributed by atoms with Gasteiger partial charge in [0.15, 0.2) is 0 Å². The van der Waals surface area contributed by atoms with Crippen LogP contribution in [0.4, 0.5) is 0 Å². The topological polar surface area (TPSA) is 87.7 Å². The second-order valence-electron chi connectivity index (χ2n) is 5.28. The Hall–Kier alpha value is -0.700. The Morgan fingerprint density at radius 2 is 1.85 bits per heavy atom. The number of hydrogen-bond donors (Lipinski definition) is 2. The third kappa shape index (κ3) is 7.78. The van der Waals surface area contributed by atoms with E-state index in [9.17, 15) is 13.2 Å². The molecule has 7 nitrogen and oxygen atoms in total. The zero-order valence-corrected chi connectivity index (χ0v) is 13.2. The lowest BCUT2D eigenvalue weighted by molar-refractivity contribution is -0.121. The number of carbonyl (C=O) groups is 1. The van der Waals surface area contributed by atoms with Gasteiger partial charge in [0.1, 0.15) is 0 Å². The van der Waals surface area contributed by atoms with Crippen LogP contribution in [0.3, 0.4) is 0 Å². The van der Waals surface area contributed by atoms with E-state index in [0.29, 0.717) is 6.54 Å². The van der Waals surface area contributed by atoms with Crippen molar-refractivity contribution < 1.29 is 17.9 Å². The largest absolute Gasteiger partial charge is 0.373 e. The highest BCUT2D eigenvalue weighted by Crippen LogP contribution is 2.09. The van der Waals surface area contributed by atoms with Gasteiger partial charge >= 0.3 is 0 Å². The molecule has 0 spiro atoms. The Morgan fingerprint density at radius 1 is 1.25 bits per heavy atom. The molecule has 1 aliphatic heterocycles. The number of carbonyl (C=O) groups excluding carboxylic acids is 1. The number of rotatable bonds is 7. The summed E-state index contributed by atoms with van der Waals surface area (Å²) in [7, 11) is -3.22. The SMILES string of the molecule is CC1CN(CCNC(=O)CCNS(C)(=O)=O)CC(C)O1. The number of nitrogens with zero attached hydrogens (tertiary/aromatic N) is 1. The number of hydrogen-bond acceptors (Lipinski definition) is 5. The molecule has 1 amide bonds. The molecule has 1 heterocycles. The molecule has 0 aromatic rings. The van der Waals surface area contributed by atoms with Crippen LogP contribution in [-0.2, 0) is 19.6 Å². The van der Waals surface area contributed by atoms with Gasteiger partial charge in [-0.3, -0.25) is 9.69 Å². The standard InChI is InChI=1S/C12H25N3O4S/c1-10-8-15(9-11(2)19-10)7-6-13-12(16)4-5-14-20(3,17)18/h10-11,14H,4-9H2,1-3H3,(H,13,16). The molecule has 1 saturated heterocycles. The molecule has 0 radical (unpaired) electrons. The third-order valence-corrected chi connectivity index (χ3v) is 3.69. The molecule has 2 unspecified atom stereocenters. The fourth-order valence-electron chi connectivity index (χ4n) is 2.26. The van der Waals surface area contributed by atoms with Gasteiger partial charge in [0.2, 0.25) is 15.9 Å². The summed E-state index contributed by atoms with van der Waals surface area (Å²) in [5.41, 5.74) is 0. The summed E-state index contributed by atoms with van der Waals surface area (Å²) in [6.07, 6.45) is 1.66. The fraction of sp³-hybridized carbons (Fsp3) is 0.917. The van der Waals surface area contributed by atoms with E-state index in [4.69, 9.17) is 4.74 Å². The van der Waals surface area contributed by atoms with Crippen molar-refractivity contribution in [2.75, 3.05) is 39.0 Å². The van der Waals surface area contributed by atoms with E-state index < -0.39 is 10.0 Å². The van der Waals surface area contributed by atoms with Gasteiger partial charge in [-0.1, -0.05) is 0 Å². The average molecular weight is 307 g/mol. The van der Waals surface area contributed by atoms with Crippen molar-refractivity contribution in [1.82, 2.24) is 14.9 Å². The minimum atomic E-state index is -3.22. The maximum absolute atomic E-state index is 11.5. The first-order chi connectivity index (χ1) is 9.26. The number of amides is 1. The molecule has 2 atom stereocenters. The van der Waals surface area contributed by atoms with Crippen LogP contribution in [0.5, 0.6) is 0 Å². The molecular weight excluding hydrogens is 282 g/mol. The molecule has 1 fully saturated rings. The van der Waals surface area contributed by atoms with Crippen LogP contribution >= 0.6 is 0 Å². The van der Waals surface area contributed by atoms with E-state index in [1.54, 1.807) is 0 Å². The smallest absolute Gasteiger partial charge is 0.221 e. The van der Waals surface area contributed by atoms with E-state index in [2.05, 4.69) is 14.9 Å². The van der Waals surface area contributed by atoms with Gasteiger partial charge in [-0.2, -0.15) is 0 Å². The highest BCUT2D eigenvalue weighted by molar-refractivity contribution is 7.88. The number of nitrogens with one attached hydrogen (secondary N) is 2. The fourth-order valence-corrected chi connectivity index (χ4v) is 2.73. The predicted octanol–water partition coefficient (Wildman–Crippen LogP) is -0.849. The summed E-state index contributed by atoms with van der Waals surface area (Å²) in [4.78, 5) is 13.8. The summed E-state index contributed by atoms with van der Waals surface area (Å²) >= 11 is 0. The maximum Gasteiger partial charge on any atom is 0.221 e. The number of sulfonamides is 1. The van der Waals surface area contributed by atoms with Crippen LogP contribution in [0.1, 0.15) is 20.3 Å². The Kier molecular flexibility index (Phi) is 6.87. The highest BCUT2D eigenvalue weighted by Gasteiger charge is 2.21. The molecule has 0 aliphatic carbocycles. The summed E-state index contributed by atoms with van der Waals surface area (Å²) in [5, 5.41) is 2.79. The minimum Gasteiger partial charge on any atom is -0.373 e. The van der Waals surface area contributed by atoms with Gasteiger partial charge in [0.05, 0.1) is 18.5 Å². The van der Waals surface area contributed by atoms with E-state index in [1.807, 2.05) is 13.8 Å². The lowest BCUT2D eigenvalue weighted by Crippen LogP contribution is -2.48. The molecule has 0 saturated carbocycles. The first-order valence-electron chi connectivity index (χ1n) is 6.85. The van der Waals surface area contributed by atoms with E-state index in [1.165, 1.54) is 0 Å². The van der Waals surface area contributed by atoms with Crippen LogP contribution in [0.2, 0.25) is 0 Å². The predicted molar refractivity (Wildman–Crippen MR) is 76.9 cm³/mol. The summed E-state index contributed by atoms with van der Waals surface area (Å²) in [6, 6.07) is 0. The second kappa shape index (κ2) is 7.92. The molecule has 118 valence electrons. The van der Waals surface area contributed by atoms with Crippen LogP contribution < -0.4 is 10.0 Å². The normalized spacial score (nSPS) is 24.6. The number of ether oxygens (including phenoxy) is 1. The van der Waals surface area contributed by atoms with Gasteiger partial charge in [-0.15, -0.1) is 0 Å². The maximum atomic E-state index is 11.5. The van der Waals surface area contributed by atoms with Gasteiger partial charge in [0.25, 0.3) is 0 Å². The molecule has 0 aromatic carbocycles. The first kappa shape index (κ1) is 17.4. The lowest BCUT2D eigenvalue weighted by Gasteiger charge is -2.35. The Bertz CT molecular complexity index is 403. The summed E-state index contributed by atoms with van der Waals surface area (Å²) in [6.45, 7) is 7.30. The van der Waals surface area contributed by atoms with Crippen molar-refractivity contribution in [3.63, 3.8) is 0 Å². The van der Waals surface area contributed by atoms with Crippen molar-refractivity contribution in [2.24, 2.45) is 0 Å². The molecule has 20 heavy (non-hydrogen) atoms. The molecule has 1 aliphatic rings. The van der Waals surface area contributed by atoms with Crippen molar-refractivity contribution in [2.45, 2.75) is 32.5 Å². The highest BCUT2D eigenvalue weighted by atomic mass is 32.2. The van der Waals surface area contributed by atoms with Crippen molar-refractivity contribution in [3.05, 3.63) is 0 Å². The molecule has 2 N–H and O–H groups in total. The van der Waals surface area contributed by atoms with Crippen molar-refractivity contribution in [1.29, 1.82) is 0 Å². The second-order valence-corrected chi connectivity index (χ2v) is 7.12. The van der Waals surface area contributed by atoms with Crippen LogP contribution in [0, 0.1) is 0 Å². The zero-order valence-electron chi connectivity index (χ0n) is 12.4. The monoisotopic (exact) mass is 307 g/mol. The quantitative estimate of drug-likeness (QED) is 0.640. The van der Waals surface area contributed by atoms with Crippen LogP contribution in [-0.4, -0.2) is 70.4 Å². The van der Waals surface area contributed by atoms with Gasteiger partial charge in [0, 0.05) is 39.1 Å². The molecular formula is C12H25N3O4S. The van der Waals surface area contributed by atoms with E-state index in [0.717, 1.165) is 25.9 Å². The molecule has 1 rings (SSSR count). The molecule has 8 heteroatoms. The molecule has 0 bridgehead atoms. The summed E-state index contributed by atoms with van der Waals surface area (Å²) < 4.78 is 29.6. The lowest BCUT2D eigenvalue weighted by atomic mass is 10.2.